The number of fused-ring (bicyclic) bond motifs is 1. The predicted molar refractivity (Wildman–Crippen MR) is 135 cm³/mol. The average Bonchev–Trinajstić information content (AvgIpc) is 3.21. The highest BCUT2D eigenvalue weighted by molar-refractivity contribution is 7.20. The molecule has 0 radical (unpaired) electrons. The summed E-state index contributed by atoms with van der Waals surface area (Å²) in [4.78, 5) is 44.1. The average molecular weight is 492 g/mol. The normalized spacial score (nSPS) is 11.7. The first kappa shape index (κ1) is 24.2. The van der Waals surface area contributed by atoms with Gasteiger partial charge in [-0.2, -0.15) is 0 Å². The minimum Gasteiger partial charge on any atom is -0.492 e. The van der Waals surface area contributed by atoms with Gasteiger partial charge in [0.2, 0.25) is 5.91 Å². The maximum atomic E-state index is 13.3. The van der Waals surface area contributed by atoms with E-state index in [1.165, 1.54) is 10.9 Å². The van der Waals surface area contributed by atoms with Crippen LogP contribution in [0.15, 0.2) is 65.7 Å². The first-order chi connectivity index (χ1) is 16.9. The van der Waals surface area contributed by atoms with E-state index in [2.05, 4.69) is 10.3 Å². The van der Waals surface area contributed by atoms with Gasteiger partial charge in [-0.1, -0.05) is 42.5 Å². The zero-order valence-electron chi connectivity index (χ0n) is 19.6. The van der Waals surface area contributed by atoms with Gasteiger partial charge in [0, 0.05) is 0 Å². The molecule has 1 N–H and O–H groups in total. The number of nitrogens with one attached hydrogen (secondary N) is 1. The second kappa shape index (κ2) is 10.5. The number of benzene rings is 2. The number of aromatic nitrogens is 2. The second-order valence-corrected chi connectivity index (χ2v) is 8.85. The highest BCUT2D eigenvalue weighted by Gasteiger charge is 2.24. The Bertz CT molecular complexity index is 1430. The van der Waals surface area contributed by atoms with Gasteiger partial charge in [0.25, 0.3) is 5.56 Å². The van der Waals surface area contributed by atoms with Crippen molar-refractivity contribution in [3.63, 3.8) is 0 Å². The standard InChI is InChI=1S/C26H25N3O5S/c1-4-33-20-13-9-8-12-19(20)28-23(30)17(3)29-15-27-24-21(25(29)31)16(2)22(35-24)26(32)34-14-18-10-6-5-7-11-18/h5-13,15,17H,4,14H2,1-3H3,(H,28,30). The van der Waals surface area contributed by atoms with Crippen LogP contribution in [0.4, 0.5) is 5.69 Å². The van der Waals surface area contributed by atoms with Crippen LogP contribution in [0.3, 0.4) is 0 Å². The number of carbonyl (C=O) groups excluding carboxylic acids is 2. The summed E-state index contributed by atoms with van der Waals surface area (Å²) in [6.07, 6.45) is 1.33. The number of aryl methyl sites for hydroxylation is 1. The molecule has 0 fully saturated rings. The Hall–Kier alpha value is -3.98. The fraction of sp³-hybridized carbons (Fsp3) is 0.231. The molecule has 2 aromatic heterocycles. The molecule has 4 aromatic rings. The molecule has 2 aromatic carbocycles. The van der Waals surface area contributed by atoms with Crippen LogP contribution in [0.25, 0.3) is 10.2 Å². The van der Waals surface area contributed by atoms with E-state index in [4.69, 9.17) is 9.47 Å². The molecule has 2 heterocycles. The van der Waals surface area contributed by atoms with E-state index in [1.807, 2.05) is 43.3 Å². The van der Waals surface area contributed by atoms with Crippen LogP contribution in [-0.4, -0.2) is 28.0 Å². The SMILES string of the molecule is CCOc1ccccc1NC(=O)C(C)n1cnc2sc(C(=O)OCc3ccccc3)c(C)c2c1=O. The van der Waals surface area contributed by atoms with Gasteiger partial charge in [0.1, 0.15) is 28.1 Å². The zero-order valence-corrected chi connectivity index (χ0v) is 20.4. The number of carbonyl (C=O) groups is 2. The molecule has 0 aliphatic carbocycles. The number of amides is 1. The van der Waals surface area contributed by atoms with E-state index in [0.717, 1.165) is 16.9 Å². The highest BCUT2D eigenvalue weighted by Crippen LogP contribution is 2.29. The number of rotatable bonds is 8. The third-order valence-corrected chi connectivity index (χ3v) is 6.70. The van der Waals surface area contributed by atoms with Gasteiger partial charge < -0.3 is 14.8 Å². The monoisotopic (exact) mass is 491 g/mol. The smallest absolute Gasteiger partial charge is 0.349 e. The fourth-order valence-corrected chi connectivity index (χ4v) is 4.64. The summed E-state index contributed by atoms with van der Waals surface area (Å²) in [6, 6.07) is 15.6. The summed E-state index contributed by atoms with van der Waals surface area (Å²) in [5.41, 5.74) is 1.48. The van der Waals surface area contributed by atoms with Crippen molar-refractivity contribution in [3.8, 4) is 5.75 Å². The first-order valence-corrected chi connectivity index (χ1v) is 12.0. The molecule has 1 unspecified atom stereocenters. The molecule has 35 heavy (non-hydrogen) atoms. The maximum Gasteiger partial charge on any atom is 0.349 e. The molecular formula is C26H25N3O5S. The van der Waals surface area contributed by atoms with Crippen LogP contribution < -0.4 is 15.6 Å². The Labute approximate surface area is 206 Å². The Balaban J connectivity index is 1.57. The lowest BCUT2D eigenvalue weighted by molar-refractivity contribution is -0.118. The first-order valence-electron chi connectivity index (χ1n) is 11.1. The van der Waals surface area contributed by atoms with Crippen LogP contribution in [0, 0.1) is 6.92 Å². The molecule has 0 saturated heterocycles. The molecule has 0 aliphatic heterocycles. The predicted octanol–water partition coefficient (Wildman–Crippen LogP) is 4.72. The van der Waals surface area contributed by atoms with Crippen molar-refractivity contribution in [2.24, 2.45) is 0 Å². The van der Waals surface area contributed by atoms with Gasteiger partial charge in [-0.25, -0.2) is 9.78 Å². The molecule has 0 saturated carbocycles. The van der Waals surface area contributed by atoms with Gasteiger partial charge in [0.05, 0.1) is 24.0 Å². The molecular weight excluding hydrogens is 466 g/mol. The molecule has 8 nitrogen and oxygen atoms in total. The summed E-state index contributed by atoms with van der Waals surface area (Å²) < 4.78 is 12.3. The van der Waals surface area contributed by atoms with Gasteiger partial charge in [-0.05, 0) is 44.0 Å². The van der Waals surface area contributed by atoms with E-state index < -0.39 is 23.5 Å². The van der Waals surface area contributed by atoms with Gasteiger partial charge >= 0.3 is 5.97 Å². The summed E-state index contributed by atoms with van der Waals surface area (Å²) in [7, 11) is 0. The van der Waals surface area contributed by atoms with Crippen molar-refractivity contribution in [2.75, 3.05) is 11.9 Å². The summed E-state index contributed by atoms with van der Waals surface area (Å²) in [6.45, 7) is 5.75. The lowest BCUT2D eigenvalue weighted by Gasteiger charge is -2.16. The topological polar surface area (TPSA) is 99.5 Å². The number of ether oxygens (including phenoxy) is 2. The largest absolute Gasteiger partial charge is 0.492 e. The van der Waals surface area contributed by atoms with Crippen molar-refractivity contribution in [3.05, 3.63) is 87.3 Å². The molecule has 4 rings (SSSR count). The van der Waals surface area contributed by atoms with Crippen molar-refractivity contribution in [1.29, 1.82) is 0 Å². The minimum atomic E-state index is -0.845. The third-order valence-electron chi connectivity index (χ3n) is 5.52. The van der Waals surface area contributed by atoms with E-state index in [-0.39, 0.29) is 6.61 Å². The Kier molecular flexibility index (Phi) is 7.26. The molecule has 9 heteroatoms. The van der Waals surface area contributed by atoms with E-state index in [0.29, 0.717) is 38.7 Å². The minimum absolute atomic E-state index is 0.130. The number of anilines is 1. The molecule has 0 spiro atoms. The number of hydrogen-bond acceptors (Lipinski definition) is 7. The van der Waals surface area contributed by atoms with Crippen molar-refractivity contribution in [1.82, 2.24) is 9.55 Å². The molecule has 0 aliphatic rings. The van der Waals surface area contributed by atoms with Crippen molar-refractivity contribution < 1.29 is 19.1 Å². The van der Waals surface area contributed by atoms with Crippen LogP contribution in [-0.2, 0) is 16.1 Å². The fourth-order valence-electron chi connectivity index (χ4n) is 3.61. The number of hydrogen-bond donors (Lipinski definition) is 1. The van der Waals surface area contributed by atoms with E-state index in [9.17, 15) is 14.4 Å². The lowest BCUT2D eigenvalue weighted by Crippen LogP contribution is -2.32. The van der Waals surface area contributed by atoms with Crippen molar-refractivity contribution >= 4 is 39.1 Å². The summed E-state index contributed by atoms with van der Waals surface area (Å²) in [5, 5.41) is 3.12. The number of esters is 1. The Morgan fingerprint density at radius 2 is 1.83 bits per heavy atom. The number of thiophene rings is 1. The van der Waals surface area contributed by atoms with Gasteiger partial charge in [-0.3, -0.25) is 14.2 Å². The Morgan fingerprint density at radius 1 is 1.11 bits per heavy atom. The number of nitrogens with zero attached hydrogens (tertiary/aromatic N) is 2. The zero-order chi connectivity index (χ0) is 24.9. The molecule has 180 valence electrons. The van der Waals surface area contributed by atoms with Crippen molar-refractivity contribution in [2.45, 2.75) is 33.4 Å². The van der Waals surface area contributed by atoms with Gasteiger partial charge in [0.15, 0.2) is 0 Å². The maximum absolute atomic E-state index is 13.3. The summed E-state index contributed by atoms with van der Waals surface area (Å²) >= 11 is 1.10. The van der Waals surface area contributed by atoms with E-state index in [1.54, 1.807) is 32.0 Å². The van der Waals surface area contributed by atoms with E-state index >= 15 is 0 Å². The third kappa shape index (κ3) is 5.09. The number of para-hydroxylation sites is 2. The Morgan fingerprint density at radius 3 is 2.57 bits per heavy atom. The van der Waals surface area contributed by atoms with Gasteiger partial charge in [-0.15, -0.1) is 11.3 Å². The quantitative estimate of drug-likeness (QED) is 0.358. The van der Waals surface area contributed by atoms with Crippen LogP contribution in [0.1, 0.15) is 40.7 Å². The molecule has 1 atom stereocenters. The van der Waals surface area contributed by atoms with Crippen LogP contribution in [0.5, 0.6) is 5.75 Å². The molecule has 1 amide bonds. The second-order valence-electron chi connectivity index (χ2n) is 7.85. The molecule has 0 bridgehead atoms. The van der Waals surface area contributed by atoms with Crippen LogP contribution >= 0.6 is 11.3 Å². The highest BCUT2D eigenvalue weighted by atomic mass is 32.1. The summed E-state index contributed by atoms with van der Waals surface area (Å²) in [5.74, 6) is -0.363. The van der Waals surface area contributed by atoms with Crippen LogP contribution in [0.2, 0.25) is 0 Å². The lowest BCUT2D eigenvalue weighted by atomic mass is 10.2.